The summed E-state index contributed by atoms with van der Waals surface area (Å²) in [4.78, 5) is 14.8. The van der Waals surface area contributed by atoms with Crippen LogP contribution in [-0.2, 0) is 0 Å². The topological polar surface area (TPSA) is 46.3 Å². The predicted molar refractivity (Wildman–Crippen MR) is 99.6 cm³/mol. The molecule has 3 atom stereocenters. The first-order valence-electron chi connectivity index (χ1n) is 9.37. The lowest BCUT2D eigenvalue weighted by molar-refractivity contribution is 0.0779. The van der Waals surface area contributed by atoms with Crippen LogP contribution in [0.3, 0.4) is 0 Å². The SMILES string of the molecule is Cl.NC1CCC2CN(C(=O)c3ccc(C4CCCCC4)cc3)CC12. The first kappa shape index (κ1) is 17.8. The van der Waals surface area contributed by atoms with Crippen molar-refractivity contribution in [1.29, 1.82) is 0 Å². The highest BCUT2D eigenvalue weighted by Gasteiger charge is 2.42. The first-order valence-corrected chi connectivity index (χ1v) is 9.37. The molecule has 4 heteroatoms. The summed E-state index contributed by atoms with van der Waals surface area (Å²) in [7, 11) is 0. The van der Waals surface area contributed by atoms with Crippen molar-refractivity contribution in [2.45, 2.75) is 56.9 Å². The molecule has 4 rings (SSSR count). The summed E-state index contributed by atoms with van der Waals surface area (Å²) in [6.45, 7) is 1.76. The summed E-state index contributed by atoms with van der Waals surface area (Å²) in [5.74, 6) is 2.06. The van der Waals surface area contributed by atoms with Gasteiger partial charge < -0.3 is 10.6 Å². The fourth-order valence-electron chi connectivity index (χ4n) is 4.99. The third kappa shape index (κ3) is 3.34. The minimum absolute atomic E-state index is 0. The highest BCUT2D eigenvalue weighted by molar-refractivity contribution is 5.94. The molecule has 2 saturated carbocycles. The molecule has 3 fully saturated rings. The van der Waals surface area contributed by atoms with Gasteiger partial charge in [0.2, 0.25) is 0 Å². The molecule has 3 unspecified atom stereocenters. The smallest absolute Gasteiger partial charge is 0.253 e. The molecule has 0 spiro atoms. The standard InChI is InChI=1S/C20H28N2O.ClH/c21-19-11-10-17-12-22(13-18(17)19)20(23)16-8-6-15(7-9-16)14-4-2-1-3-5-14;/h6-9,14,17-19H,1-5,10-13,21H2;1H. The number of amides is 1. The lowest BCUT2D eigenvalue weighted by Gasteiger charge is -2.22. The molecule has 3 aliphatic rings. The van der Waals surface area contributed by atoms with Gasteiger partial charge in [-0.1, -0.05) is 31.4 Å². The van der Waals surface area contributed by atoms with E-state index in [-0.39, 0.29) is 18.3 Å². The van der Waals surface area contributed by atoms with Gasteiger partial charge in [0.1, 0.15) is 0 Å². The summed E-state index contributed by atoms with van der Waals surface area (Å²) in [6, 6.07) is 8.75. The molecule has 0 bridgehead atoms. The Bertz CT molecular complexity index is 568. The number of likely N-dealkylation sites (tertiary alicyclic amines) is 1. The molecule has 0 radical (unpaired) electrons. The van der Waals surface area contributed by atoms with Crippen LogP contribution in [0.1, 0.15) is 66.8 Å². The fourth-order valence-corrected chi connectivity index (χ4v) is 4.99. The van der Waals surface area contributed by atoms with E-state index in [0.717, 1.165) is 25.1 Å². The lowest BCUT2D eigenvalue weighted by atomic mass is 9.84. The number of carbonyl (C=O) groups is 1. The Hall–Kier alpha value is -1.06. The Balaban J connectivity index is 0.00000169. The lowest BCUT2D eigenvalue weighted by Crippen LogP contribution is -2.33. The van der Waals surface area contributed by atoms with Gasteiger partial charge in [-0.05, 0) is 61.1 Å². The maximum absolute atomic E-state index is 12.8. The van der Waals surface area contributed by atoms with E-state index in [2.05, 4.69) is 12.1 Å². The second-order valence-corrected chi connectivity index (χ2v) is 7.83. The summed E-state index contributed by atoms with van der Waals surface area (Å²) >= 11 is 0. The zero-order chi connectivity index (χ0) is 15.8. The molecular weight excluding hydrogens is 320 g/mol. The van der Waals surface area contributed by atoms with Gasteiger partial charge >= 0.3 is 0 Å². The van der Waals surface area contributed by atoms with Crippen molar-refractivity contribution in [1.82, 2.24) is 4.90 Å². The maximum atomic E-state index is 12.8. The van der Waals surface area contributed by atoms with Crippen LogP contribution in [-0.4, -0.2) is 29.9 Å². The van der Waals surface area contributed by atoms with Gasteiger partial charge in [0.05, 0.1) is 0 Å². The predicted octanol–water partition coefficient (Wildman–Crippen LogP) is 3.97. The molecule has 1 saturated heterocycles. The van der Waals surface area contributed by atoms with Crippen LogP contribution < -0.4 is 5.73 Å². The van der Waals surface area contributed by atoms with E-state index in [9.17, 15) is 4.79 Å². The molecular formula is C20H29ClN2O. The second-order valence-electron chi connectivity index (χ2n) is 7.83. The largest absolute Gasteiger partial charge is 0.338 e. The van der Waals surface area contributed by atoms with Crippen molar-refractivity contribution in [2.24, 2.45) is 17.6 Å². The van der Waals surface area contributed by atoms with Gasteiger partial charge in [-0.15, -0.1) is 12.4 Å². The third-order valence-corrected chi connectivity index (χ3v) is 6.43. The normalized spacial score (nSPS) is 30.0. The summed E-state index contributed by atoms with van der Waals surface area (Å²) < 4.78 is 0. The van der Waals surface area contributed by atoms with E-state index in [1.54, 1.807) is 0 Å². The number of benzene rings is 1. The van der Waals surface area contributed by atoms with Crippen LogP contribution in [0.4, 0.5) is 0 Å². The van der Waals surface area contributed by atoms with Crippen LogP contribution in [0.2, 0.25) is 0 Å². The molecule has 0 aromatic heterocycles. The second kappa shape index (κ2) is 7.45. The molecule has 1 aromatic carbocycles. The zero-order valence-corrected chi connectivity index (χ0v) is 15.1. The van der Waals surface area contributed by atoms with E-state index in [4.69, 9.17) is 5.73 Å². The van der Waals surface area contributed by atoms with Gasteiger partial charge in [0.25, 0.3) is 5.91 Å². The number of hydrogen-bond donors (Lipinski definition) is 1. The highest BCUT2D eigenvalue weighted by Crippen LogP contribution is 2.38. The zero-order valence-electron chi connectivity index (χ0n) is 14.3. The Morgan fingerprint density at radius 3 is 2.33 bits per heavy atom. The Morgan fingerprint density at radius 1 is 0.958 bits per heavy atom. The molecule has 1 aliphatic heterocycles. The van der Waals surface area contributed by atoms with E-state index in [1.807, 2.05) is 17.0 Å². The van der Waals surface area contributed by atoms with Crippen molar-refractivity contribution in [3.05, 3.63) is 35.4 Å². The fraction of sp³-hybridized carbons (Fsp3) is 0.650. The summed E-state index contributed by atoms with van der Waals surface area (Å²) in [5.41, 5.74) is 8.45. The molecule has 1 aromatic rings. The van der Waals surface area contributed by atoms with E-state index in [1.165, 1.54) is 44.1 Å². The quantitative estimate of drug-likeness (QED) is 0.879. The molecule has 2 aliphatic carbocycles. The summed E-state index contributed by atoms with van der Waals surface area (Å²) in [6.07, 6.45) is 9.02. The molecule has 3 nitrogen and oxygen atoms in total. The number of nitrogens with zero attached hydrogens (tertiary/aromatic N) is 1. The number of hydrogen-bond acceptors (Lipinski definition) is 2. The van der Waals surface area contributed by atoms with E-state index >= 15 is 0 Å². The number of rotatable bonds is 2. The Labute approximate surface area is 151 Å². The van der Waals surface area contributed by atoms with Gasteiger partial charge in [-0.3, -0.25) is 4.79 Å². The van der Waals surface area contributed by atoms with Crippen LogP contribution in [0.5, 0.6) is 0 Å². The molecule has 24 heavy (non-hydrogen) atoms. The van der Waals surface area contributed by atoms with Gasteiger partial charge in [0, 0.05) is 24.7 Å². The Morgan fingerprint density at radius 2 is 1.67 bits per heavy atom. The van der Waals surface area contributed by atoms with Crippen molar-refractivity contribution >= 4 is 18.3 Å². The first-order chi connectivity index (χ1) is 11.2. The van der Waals surface area contributed by atoms with Crippen molar-refractivity contribution in [2.75, 3.05) is 13.1 Å². The minimum Gasteiger partial charge on any atom is -0.338 e. The maximum Gasteiger partial charge on any atom is 0.253 e. The number of carbonyl (C=O) groups excluding carboxylic acids is 1. The Kier molecular flexibility index (Phi) is 5.51. The van der Waals surface area contributed by atoms with Crippen molar-refractivity contribution in [3.8, 4) is 0 Å². The average Bonchev–Trinajstić information content (AvgIpc) is 3.18. The number of halogens is 1. The van der Waals surface area contributed by atoms with Gasteiger partial charge in [0.15, 0.2) is 0 Å². The highest BCUT2D eigenvalue weighted by atomic mass is 35.5. The van der Waals surface area contributed by atoms with Gasteiger partial charge in [-0.2, -0.15) is 0 Å². The van der Waals surface area contributed by atoms with Crippen LogP contribution in [0.15, 0.2) is 24.3 Å². The number of nitrogens with two attached hydrogens (primary N) is 1. The summed E-state index contributed by atoms with van der Waals surface area (Å²) in [5, 5.41) is 0. The molecule has 132 valence electrons. The average molecular weight is 349 g/mol. The monoisotopic (exact) mass is 348 g/mol. The molecule has 2 N–H and O–H groups in total. The minimum atomic E-state index is 0. The van der Waals surface area contributed by atoms with E-state index < -0.39 is 0 Å². The van der Waals surface area contributed by atoms with Crippen molar-refractivity contribution < 1.29 is 4.79 Å². The molecule has 1 heterocycles. The van der Waals surface area contributed by atoms with Crippen molar-refractivity contribution in [3.63, 3.8) is 0 Å². The third-order valence-electron chi connectivity index (χ3n) is 6.43. The van der Waals surface area contributed by atoms with Crippen LogP contribution in [0.25, 0.3) is 0 Å². The van der Waals surface area contributed by atoms with Crippen LogP contribution >= 0.6 is 12.4 Å². The number of fused-ring (bicyclic) bond motifs is 1. The van der Waals surface area contributed by atoms with Gasteiger partial charge in [-0.25, -0.2) is 0 Å². The molecule has 1 amide bonds. The van der Waals surface area contributed by atoms with Crippen LogP contribution in [0, 0.1) is 11.8 Å². The van der Waals surface area contributed by atoms with E-state index in [0.29, 0.717) is 23.8 Å².